The molecule has 1 atom stereocenters. The summed E-state index contributed by atoms with van der Waals surface area (Å²) in [6.07, 6.45) is 1.95. The summed E-state index contributed by atoms with van der Waals surface area (Å²) >= 11 is 0. The van der Waals surface area contributed by atoms with E-state index in [2.05, 4.69) is 5.32 Å². The van der Waals surface area contributed by atoms with Crippen LogP contribution in [0.5, 0.6) is 11.5 Å². The molecule has 0 aromatic heterocycles. The monoisotopic (exact) mass is 559 g/mol. The fraction of sp³-hybridized carbons (Fsp3) is 0.517. The molecule has 0 unspecified atom stereocenters. The van der Waals surface area contributed by atoms with Crippen molar-refractivity contribution in [3.05, 3.63) is 53.6 Å². The van der Waals surface area contributed by atoms with Crippen molar-refractivity contribution in [3.63, 3.8) is 0 Å². The number of ether oxygens (including phenoxy) is 2. The molecule has 2 amide bonds. The molecule has 3 rings (SSSR count). The van der Waals surface area contributed by atoms with E-state index in [0.29, 0.717) is 36.8 Å². The molecule has 9 nitrogen and oxygen atoms in total. The van der Waals surface area contributed by atoms with Gasteiger partial charge in [-0.2, -0.15) is 0 Å². The maximum absolute atomic E-state index is 13.6. The van der Waals surface area contributed by atoms with Crippen LogP contribution in [0.25, 0.3) is 0 Å². The minimum atomic E-state index is -3.62. The van der Waals surface area contributed by atoms with Crippen LogP contribution in [0.3, 0.4) is 0 Å². The van der Waals surface area contributed by atoms with Crippen molar-refractivity contribution in [1.29, 1.82) is 0 Å². The normalized spacial score (nSPS) is 13.9. The summed E-state index contributed by atoms with van der Waals surface area (Å²) in [5.74, 6) is 0.645. The van der Waals surface area contributed by atoms with Crippen molar-refractivity contribution in [2.75, 3.05) is 30.3 Å². The largest absolute Gasteiger partial charge is 0.486 e. The Balaban J connectivity index is 1.78. The van der Waals surface area contributed by atoms with Crippen molar-refractivity contribution in [3.8, 4) is 11.5 Å². The van der Waals surface area contributed by atoms with Gasteiger partial charge in [0.05, 0.1) is 11.9 Å². The Bertz CT molecular complexity index is 1270. The third-order valence-electron chi connectivity index (χ3n) is 6.29. The molecule has 0 saturated carbocycles. The Morgan fingerprint density at radius 3 is 2.36 bits per heavy atom. The van der Waals surface area contributed by atoms with Gasteiger partial charge < -0.3 is 19.7 Å². The molecule has 1 N–H and O–H groups in total. The molecular weight excluding hydrogens is 518 g/mol. The molecule has 0 spiro atoms. The quantitative estimate of drug-likeness (QED) is 0.446. The van der Waals surface area contributed by atoms with Gasteiger partial charge in [-0.15, -0.1) is 0 Å². The zero-order valence-corrected chi connectivity index (χ0v) is 24.6. The standard InChI is InChI=1S/C29H41N3O6S/c1-7-24(28(34)30-29(3,4)5)31(20-22-11-8-10-21(2)18-22)27(33)12-9-15-32(39(6,35)36)23-13-14-25-26(19-23)38-17-16-37-25/h8,10-11,13-14,18-19,24H,7,9,12,15-17,20H2,1-6H3,(H,30,34)/t24-/m0/s1. The lowest BCUT2D eigenvalue weighted by molar-refractivity contribution is -0.142. The van der Waals surface area contributed by atoms with E-state index in [1.54, 1.807) is 23.1 Å². The second kappa shape index (κ2) is 12.7. The van der Waals surface area contributed by atoms with E-state index in [1.165, 1.54) is 4.31 Å². The number of carbonyl (C=O) groups excluding carboxylic acids is 2. The Morgan fingerprint density at radius 1 is 1.05 bits per heavy atom. The van der Waals surface area contributed by atoms with Crippen LogP contribution in [0.15, 0.2) is 42.5 Å². The number of benzene rings is 2. The highest BCUT2D eigenvalue weighted by Crippen LogP contribution is 2.34. The summed E-state index contributed by atoms with van der Waals surface area (Å²) < 4.78 is 37.8. The molecule has 0 bridgehead atoms. The summed E-state index contributed by atoms with van der Waals surface area (Å²) in [7, 11) is -3.62. The van der Waals surface area contributed by atoms with Gasteiger partial charge in [-0.25, -0.2) is 8.42 Å². The smallest absolute Gasteiger partial charge is 0.243 e. The van der Waals surface area contributed by atoms with Gasteiger partial charge in [0, 0.05) is 31.1 Å². The summed E-state index contributed by atoms with van der Waals surface area (Å²) in [4.78, 5) is 28.4. The van der Waals surface area contributed by atoms with Gasteiger partial charge in [0.2, 0.25) is 21.8 Å². The molecule has 1 aliphatic rings. The van der Waals surface area contributed by atoms with Crippen molar-refractivity contribution in [2.24, 2.45) is 0 Å². The number of amides is 2. The van der Waals surface area contributed by atoms with Gasteiger partial charge >= 0.3 is 0 Å². The molecule has 39 heavy (non-hydrogen) atoms. The van der Waals surface area contributed by atoms with Crippen molar-refractivity contribution in [1.82, 2.24) is 10.2 Å². The predicted molar refractivity (Wildman–Crippen MR) is 153 cm³/mol. The highest BCUT2D eigenvalue weighted by Gasteiger charge is 2.31. The highest BCUT2D eigenvalue weighted by atomic mass is 32.2. The fourth-order valence-corrected chi connectivity index (χ4v) is 5.53. The topological polar surface area (TPSA) is 105 Å². The van der Waals surface area contributed by atoms with Crippen LogP contribution in [0.1, 0.15) is 58.1 Å². The summed E-state index contributed by atoms with van der Waals surface area (Å²) in [5.41, 5.74) is 2.00. The van der Waals surface area contributed by atoms with Crippen LogP contribution in [0, 0.1) is 6.92 Å². The minimum absolute atomic E-state index is 0.0850. The molecule has 2 aromatic rings. The summed E-state index contributed by atoms with van der Waals surface area (Å²) in [5, 5.41) is 3.00. The number of aryl methyl sites for hydroxylation is 1. The molecule has 2 aromatic carbocycles. The van der Waals surface area contributed by atoms with Gasteiger partial charge in [0.15, 0.2) is 11.5 Å². The average Bonchev–Trinajstić information content (AvgIpc) is 2.84. The summed E-state index contributed by atoms with van der Waals surface area (Å²) in [6, 6.07) is 12.2. The number of anilines is 1. The zero-order valence-electron chi connectivity index (χ0n) is 23.8. The lowest BCUT2D eigenvalue weighted by atomic mass is 10.0. The Kier molecular flexibility index (Phi) is 9.88. The maximum atomic E-state index is 13.6. The number of rotatable bonds is 11. The molecule has 0 saturated heterocycles. The van der Waals surface area contributed by atoms with E-state index in [9.17, 15) is 18.0 Å². The first kappa shape index (κ1) is 30.3. The van der Waals surface area contributed by atoms with Crippen molar-refractivity contribution in [2.45, 2.75) is 72.0 Å². The van der Waals surface area contributed by atoms with E-state index in [-0.39, 0.29) is 37.7 Å². The van der Waals surface area contributed by atoms with E-state index in [0.717, 1.165) is 17.4 Å². The van der Waals surface area contributed by atoms with E-state index < -0.39 is 21.6 Å². The van der Waals surface area contributed by atoms with Crippen molar-refractivity contribution >= 4 is 27.5 Å². The number of hydrogen-bond acceptors (Lipinski definition) is 6. The number of nitrogens with zero attached hydrogens (tertiary/aromatic N) is 2. The SMILES string of the molecule is CC[C@@H](C(=O)NC(C)(C)C)N(Cc1cccc(C)c1)C(=O)CCCN(c1ccc2c(c1)OCCO2)S(C)(=O)=O. The van der Waals surface area contributed by atoms with Crippen LogP contribution < -0.4 is 19.1 Å². The van der Waals surface area contributed by atoms with E-state index in [4.69, 9.17) is 9.47 Å². The number of sulfonamides is 1. The second-order valence-electron chi connectivity index (χ2n) is 10.9. The zero-order chi connectivity index (χ0) is 28.8. The molecule has 10 heteroatoms. The van der Waals surface area contributed by atoms with Crippen molar-refractivity contribution < 1.29 is 27.5 Å². The second-order valence-corrected chi connectivity index (χ2v) is 12.8. The Labute approximate surface area is 232 Å². The molecule has 0 fully saturated rings. The van der Waals surface area contributed by atoms with Crippen LogP contribution in [0.2, 0.25) is 0 Å². The number of carbonyl (C=O) groups is 2. The van der Waals surface area contributed by atoms with Crippen LogP contribution in [-0.2, 0) is 26.2 Å². The molecular formula is C29H41N3O6S. The van der Waals surface area contributed by atoms with Crippen LogP contribution in [-0.4, -0.2) is 62.7 Å². The first-order chi connectivity index (χ1) is 18.3. The Morgan fingerprint density at radius 2 is 1.74 bits per heavy atom. The van der Waals surface area contributed by atoms with Gasteiger partial charge in [0.25, 0.3) is 0 Å². The first-order valence-corrected chi connectivity index (χ1v) is 15.2. The fourth-order valence-electron chi connectivity index (χ4n) is 4.57. The van der Waals surface area contributed by atoms with E-state index >= 15 is 0 Å². The van der Waals surface area contributed by atoms with E-state index in [1.807, 2.05) is 58.9 Å². The molecule has 0 aliphatic carbocycles. The first-order valence-electron chi connectivity index (χ1n) is 13.3. The third-order valence-corrected chi connectivity index (χ3v) is 7.48. The Hall–Kier alpha value is -3.27. The van der Waals surface area contributed by atoms with Gasteiger partial charge in [-0.05, 0) is 58.2 Å². The lowest BCUT2D eigenvalue weighted by Gasteiger charge is -2.33. The lowest BCUT2D eigenvalue weighted by Crippen LogP contribution is -2.53. The molecule has 214 valence electrons. The highest BCUT2D eigenvalue weighted by molar-refractivity contribution is 7.92. The van der Waals surface area contributed by atoms with Crippen LogP contribution in [0.4, 0.5) is 5.69 Å². The maximum Gasteiger partial charge on any atom is 0.243 e. The number of nitrogens with one attached hydrogen (secondary N) is 1. The molecule has 0 radical (unpaired) electrons. The molecule has 1 heterocycles. The van der Waals surface area contributed by atoms with Crippen LogP contribution >= 0.6 is 0 Å². The minimum Gasteiger partial charge on any atom is -0.486 e. The third kappa shape index (κ3) is 8.61. The number of hydrogen-bond donors (Lipinski definition) is 1. The van der Waals surface area contributed by atoms with Gasteiger partial charge in [-0.3, -0.25) is 13.9 Å². The predicted octanol–water partition coefficient (Wildman–Crippen LogP) is 4.03. The summed E-state index contributed by atoms with van der Waals surface area (Å²) in [6.45, 7) is 10.8. The molecule has 1 aliphatic heterocycles. The van der Waals surface area contributed by atoms with Gasteiger partial charge in [-0.1, -0.05) is 36.8 Å². The average molecular weight is 560 g/mol. The van der Waals surface area contributed by atoms with Gasteiger partial charge in [0.1, 0.15) is 19.3 Å². The number of fused-ring (bicyclic) bond motifs is 1.